The number of rotatable bonds is 3. The fourth-order valence-electron chi connectivity index (χ4n) is 0.954. The Bertz CT molecular complexity index is 427. The predicted molar refractivity (Wildman–Crippen MR) is 51.8 cm³/mol. The molecule has 2 aromatic rings. The van der Waals surface area contributed by atoms with Crippen molar-refractivity contribution < 1.29 is 9.21 Å². The van der Waals surface area contributed by atoms with Crippen LogP contribution in [-0.4, -0.2) is 15.9 Å². The van der Waals surface area contributed by atoms with Crippen LogP contribution in [0.15, 0.2) is 41.4 Å². The highest BCUT2D eigenvalue weighted by Crippen LogP contribution is 2.00. The molecule has 2 N–H and O–H groups in total. The molecule has 0 fully saturated rings. The zero-order chi connectivity index (χ0) is 10.5. The van der Waals surface area contributed by atoms with E-state index in [1.54, 1.807) is 18.3 Å². The molecule has 15 heavy (non-hydrogen) atoms. The van der Waals surface area contributed by atoms with Crippen LogP contribution < -0.4 is 10.9 Å². The first-order chi connectivity index (χ1) is 7.36. The summed E-state index contributed by atoms with van der Waals surface area (Å²) in [6.07, 6.45) is 5.97. The lowest BCUT2D eigenvalue weighted by Gasteiger charge is -2.04. The number of aromatic nitrogens is 2. The number of hydrazine groups is 1. The highest BCUT2D eigenvalue weighted by Gasteiger charge is 2.06. The van der Waals surface area contributed by atoms with Crippen molar-refractivity contribution in [1.29, 1.82) is 0 Å². The number of hydrogen-bond acceptors (Lipinski definition) is 5. The number of amides is 1. The first-order valence-electron chi connectivity index (χ1n) is 4.22. The molecule has 76 valence electrons. The lowest BCUT2D eigenvalue weighted by atomic mass is 10.4. The fourth-order valence-corrected chi connectivity index (χ4v) is 0.954. The maximum absolute atomic E-state index is 11.4. The van der Waals surface area contributed by atoms with E-state index in [1.165, 1.54) is 18.7 Å². The molecule has 2 aromatic heterocycles. The third kappa shape index (κ3) is 2.31. The Hall–Kier alpha value is -2.37. The average molecular weight is 204 g/mol. The molecule has 0 aliphatic heterocycles. The molecule has 0 aliphatic rings. The number of carbonyl (C=O) groups excluding carboxylic acids is 1. The first kappa shape index (κ1) is 9.20. The van der Waals surface area contributed by atoms with Gasteiger partial charge >= 0.3 is 5.91 Å². The Morgan fingerprint density at radius 2 is 2.33 bits per heavy atom. The Morgan fingerprint density at radius 3 is 3.00 bits per heavy atom. The molecule has 0 aromatic carbocycles. The van der Waals surface area contributed by atoms with Gasteiger partial charge in [-0.05, 0) is 12.1 Å². The summed E-state index contributed by atoms with van der Waals surface area (Å²) in [5.74, 6) is 0.314. The van der Waals surface area contributed by atoms with Gasteiger partial charge in [0, 0.05) is 12.4 Å². The topological polar surface area (TPSA) is 80.0 Å². The van der Waals surface area contributed by atoms with Gasteiger partial charge in [-0.25, -0.2) is 4.98 Å². The van der Waals surface area contributed by atoms with E-state index in [4.69, 9.17) is 4.42 Å². The molecule has 0 radical (unpaired) electrons. The van der Waals surface area contributed by atoms with Gasteiger partial charge in [0.05, 0.1) is 12.5 Å². The molecule has 0 bridgehead atoms. The smallest absolute Gasteiger partial charge is 0.305 e. The second-order valence-electron chi connectivity index (χ2n) is 2.65. The normalized spacial score (nSPS) is 9.60. The van der Waals surface area contributed by atoms with Crippen LogP contribution in [0.1, 0.15) is 10.6 Å². The molecule has 1 amide bonds. The minimum Gasteiger partial charge on any atom is -0.459 e. The number of nitrogens with one attached hydrogen (secondary N) is 2. The van der Waals surface area contributed by atoms with Crippen LogP contribution in [0.2, 0.25) is 0 Å². The van der Waals surface area contributed by atoms with Crippen molar-refractivity contribution in [3.8, 4) is 0 Å². The summed E-state index contributed by atoms with van der Waals surface area (Å²) in [6, 6.07) is 3.20. The lowest BCUT2D eigenvalue weighted by Crippen LogP contribution is -2.29. The molecule has 2 rings (SSSR count). The van der Waals surface area contributed by atoms with Gasteiger partial charge in [-0.15, -0.1) is 0 Å². The highest BCUT2D eigenvalue weighted by molar-refractivity contribution is 5.91. The van der Waals surface area contributed by atoms with E-state index in [0.717, 1.165) is 0 Å². The minimum absolute atomic E-state index is 0.228. The monoisotopic (exact) mass is 204 g/mol. The Kier molecular flexibility index (Phi) is 2.59. The van der Waals surface area contributed by atoms with Crippen LogP contribution in [0.5, 0.6) is 0 Å². The SMILES string of the molecule is O=C(NNc1cnccn1)c1ccco1. The van der Waals surface area contributed by atoms with Crippen molar-refractivity contribution >= 4 is 11.7 Å². The average Bonchev–Trinajstić information content (AvgIpc) is 2.81. The van der Waals surface area contributed by atoms with Crippen LogP contribution >= 0.6 is 0 Å². The van der Waals surface area contributed by atoms with Crippen LogP contribution in [0.4, 0.5) is 5.82 Å². The number of carbonyl (C=O) groups is 1. The van der Waals surface area contributed by atoms with Crippen LogP contribution in [0, 0.1) is 0 Å². The largest absolute Gasteiger partial charge is 0.459 e. The van der Waals surface area contributed by atoms with Crippen molar-refractivity contribution in [2.45, 2.75) is 0 Å². The van der Waals surface area contributed by atoms with Gasteiger partial charge in [-0.3, -0.25) is 20.6 Å². The summed E-state index contributed by atoms with van der Waals surface area (Å²) in [5.41, 5.74) is 5.02. The minimum atomic E-state index is -0.370. The molecule has 0 aliphatic carbocycles. The van der Waals surface area contributed by atoms with Crippen molar-refractivity contribution in [3.05, 3.63) is 42.7 Å². The molecule has 0 spiro atoms. The van der Waals surface area contributed by atoms with Crippen molar-refractivity contribution in [2.24, 2.45) is 0 Å². The molecular weight excluding hydrogens is 196 g/mol. The Balaban J connectivity index is 1.92. The van der Waals surface area contributed by atoms with E-state index < -0.39 is 0 Å². The predicted octanol–water partition coefficient (Wildman–Crippen LogP) is 0.826. The van der Waals surface area contributed by atoms with Crippen molar-refractivity contribution in [3.63, 3.8) is 0 Å². The lowest BCUT2D eigenvalue weighted by molar-refractivity contribution is 0.0935. The molecule has 0 saturated heterocycles. The van der Waals surface area contributed by atoms with Crippen molar-refractivity contribution in [2.75, 3.05) is 5.43 Å². The van der Waals surface area contributed by atoms with Gasteiger partial charge in [0.2, 0.25) is 0 Å². The number of nitrogens with zero attached hydrogens (tertiary/aromatic N) is 2. The number of hydrogen-bond donors (Lipinski definition) is 2. The summed E-state index contributed by atoms with van der Waals surface area (Å²) in [7, 11) is 0. The van der Waals surface area contributed by atoms with Gasteiger partial charge in [0.1, 0.15) is 0 Å². The van der Waals surface area contributed by atoms with E-state index >= 15 is 0 Å². The second-order valence-corrected chi connectivity index (χ2v) is 2.65. The van der Waals surface area contributed by atoms with Gasteiger partial charge in [-0.1, -0.05) is 0 Å². The van der Waals surface area contributed by atoms with Gasteiger partial charge in [0.25, 0.3) is 0 Å². The molecule has 2 heterocycles. The summed E-state index contributed by atoms with van der Waals surface area (Å²) in [4.78, 5) is 19.1. The van der Waals surface area contributed by atoms with E-state index in [1.807, 2.05) is 0 Å². The summed E-state index contributed by atoms with van der Waals surface area (Å²) in [6.45, 7) is 0. The fraction of sp³-hybridized carbons (Fsp3) is 0. The highest BCUT2D eigenvalue weighted by atomic mass is 16.3. The van der Waals surface area contributed by atoms with Crippen LogP contribution in [0.3, 0.4) is 0 Å². The second kappa shape index (κ2) is 4.23. The van der Waals surface area contributed by atoms with E-state index in [-0.39, 0.29) is 11.7 Å². The summed E-state index contributed by atoms with van der Waals surface area (Å²) in [5, 5.41) is 0. The maximum atomic E-state index is 11.4. The van der Waals surface area contributed by atoms with Crippen molar-refractivity contribution in [1.82, 2.24) is 15.4 Å². The number of furan rings is 1. The Morgan fingerprint density at radius 1 is 1.40 bits per heavy atom. The van der Waals surface area contributed by atoms with E-state index in [0.29, 0.717) is 5.82 Å². The molecule has 0 atom stereocenters. The van der Waals surface area contributed by atoms with Crippen LogP contribution in [0.25, 0.3) is 0 Å². The molecule has 0 unspecified atom stereocenters. The standard InChI is InChI=1S/C9H8N4O2/c14-9(7-2-1-5-15-7)13-12-8-6-10-3-4-11-8/h1-6H,(H,11,12)(H,13,14). The maximum Gasteiger partial charge on any atom is 0.305 e. The van der Waals surface area contributed by atoms with E-state index in [2.05, 4.69) is 20.8 Å². The van der Waals surface area contributed by atoms with Gasteiger partial charge < -0.3 is 4.42 Å². The van der Waals surface area contributed by atoms with Gasteiger partial charge in [0.15, 0.2) is 11.6 Å². The summed E-state index contributed by atoms with van der Waals surface area (Å²) >= 11 is 0. The van der Waals surface area contributed by atoms with Gasteiger partial charge in [-0.2, -0.15) is 0 Å². The quantitative estimate of drug-likeness (QED) is 0.724. The Labute approximate surface area is 85.3 Å². The third-order valence-electron chi connectivity index (χ3n) is 1.61. The molecule has 6 nitrogen and oxygen atoms in total. The van der Waals surface area contributed by atoms with E-state index in [9.17, 15) is 4.79 Å². The molecular formula is C9H8N4O2. The first-order valence-corrected chi connectivity index (χ1v) is 4.22. The molecule has 6 heteroatoms. The third-order valence-corrected chi connectivity index (χ3v) is 1.61. The van der Waals surface area contributed by atoms with Crippen LogP contribution in [-0.2, 0) is 0 Å². The molecule has 0 saturated carbocycles. The summed E-state index contributed by atoms with van der Waals surface area (Å²) < 4.78 is 4.90. The number of anilines is 1. The zero-order valence-corrected chi connectivity index (χ0v) is 7.68. The zero-order valence-electron chi connectivity index (χ0n) is 7.68.